The summed E-state index contributed by atoms with van der Waals surface area (Å²) in [4.78, 5) is 14.9. The first-order valence-corrected chi connectivity index (χ1v) is 7.45. The molecule has 0 atom stereocenters. The number of alkyl halides is 3. The smallest absolute Gasteiger partial charge is 0.401 e. The van der Waals surface area contributed by atoms with Gasteiger partial charge in [0.15, 0.2) is 0 Å². The highest BCUT2D eigenvalue weighted by atomic mass is 19.4. The minimum atomic E-state index is -4.20. The Morgan fingerprint density at radius 3 is 2.30 bits per heavy atom. The summed E-state index contributed by atoms with van der Waals surface area (Å²) < 4.78 is 42.3. The number of nitrogens with one attached hydrogen (secondary N) is 1. The van der Waals surface area contributed by atoms with E-state index in [2.05, 4.69) is 5.32 Å². The van der Waals surface area contributed by atoms with E-state index >= 15 is 0 Å². The third kappa shape index (κ3) is 5.63. The van der Waals surface area contributed by atoms with Crippen molar-refractivity contribution in [3.8, 4) is 5.75 Å². The molecular formula is C15H20F3N3O2. The molecule has 0 aromatic heterocycles. The minimum Gasteiger partial charge on any atom is -0.494 e. The summed E-state index contributed by atoms with van der Waals surface area (Å²) in [5, 5.41) is 2.73. The molecular weight excluding hydrogens is 311 g/mol. The van der Waals surface area contributed by atoms with E-state index in [1.54, 1.807) is 24.3 Å². The molecule has 2 rings (SSSR count). The van der Waals surface area contributed by atoms with Crippen LogP contribution in [-0.4, -0.2) is 61.3 Å². The van der Waals surface area contributed by atoms with E-state index in [9.17, 15) is 18.0 Å². The molecule has 1 aliphatic rings. The molecule has 0 bridgehead atoms. The lowest BCUT2D eigenvalue weighted by Crippen LogP contribution is -2.51. The summed E-state index contributed by atoms with van der Waals surface area (Å²) in [5.41, 5.74) is 0.621. The number of hydrogen-bond donors (Lipinski definition) is 1. The number of halogens is 3. The fourth-order valence-corrected chi connectivity index (χ4v) is 2.37. The lowest BCUT2D eigenvalue weighted by molar-refractivity contribution is -0.148. The molecule has 1 aromatic rings. The molecule has 0 radical (unpaired) electrons. The van der Waals surface area contributed by atoms with Gasteiger partial charge in [0.2, 0.25) is 0 Å². The van der Waals surface area contributed by atoms with Crippen LogP contribution in [0.15, 0.2) is 24.3 Å². The van der Waals surface area contributed by atoms with Crippen molar-refractivity contribution < 1.29 is 22.7 Å². The van der Waals surface area contributed by atoms with Gasteiger partial charge in [-0.15, -0.1) is 0 Å². The van der Waals surface area contributed by atoms with Crippen LogP contribution in [0.25, 0.3) is 0 Å². The van der Waals surface area contributed by atoms with Crippen molar-refractivity contribution in [2.45, 2.75) is 13.1 Å². The average molecular weight is 331 g/mol. The van der Waals surface area contributed by atoms with Crippen molar-refractivity contribution in [2.75, 3.05) is 44.6 Å². The first-order valence-electron chi connectivity index (χ1n) is 7.45. The van der Waals surface area contributed by atoms with Gasteiger partial charge in [0.05, 0.1) is 13.2 Å². The van der Waals surface area contributed by atoms with Crippen LogP contribution >= 0.6 is 0 Å². The van der Waals surface area contributed by atoms with E-state index in [0.29, 0.717) is 18.0 Å². The number of ether oxygens (including phenoxy) is 1. The van der Waals surface area contributed by atoms with Crippen LogP contribution in [0.4, 0.5) is 23.7 Å². The predicted molar refractivity (Wildman–Crippen MR) is 80.7 cm³/mol. The van der Waals surface area contributed by atoms with Gasteiger partial charge in [-0.25, -0.2) is 4.79 Å². The van der Waals surface area contributed by atoms with Crippen molar-refractivity contribution in [2.24, 2.45) is 0 Å². The molecule has 0 saturated carbocycles. The highest BCUT2D eigenvalue weighted by Gasteiger charge is 2.32. The Morgan fingerprint density at radius 1 is 1.17 bits per heavy atom. The number of anilines is 1. The van der Waals surface area contributed by atoms with Gasteiger partial charge in [0.1, 0.15) is 5.75 Å². The predicted octanol–water partition coefficient (Wildman–Crippen LogP) is 2.80. The van der Waals surface area contributed by atoms with Crippen LogP contribution in [0.3, 0.4) is 0 Å². The summed E-state index contributed by atoms with van der Waals surface area (Å²) in [7, 11) is 0. The highest BCUT2D eigenvalue weighted by Crippen LogP contribution is 2.19. The molecule has 1 fully saturated rings. The van der Waals surface area contributed by atoms with Crippen LogP contribution in [0, 0.1) is 0 Å². The molecule has 0 aliphatic carbocycles. The molecule has 0 unspecified atom stereocenters. The molecule has 23 heavy (non-hydrogen) atoms. The number of carbonyl (C=O) groups excluding carboxylic acids is 1. The van der Waals surface area contributed by atoms with E-state index in [1.165, 1.54) is 9.80 Å². The number of benzene rings is 1. The van der Waals surface area contributed by atoms with Crippen molar-refractivity contribution in [3.63, 3.8) is 0 Å². The van der Waals surface area contributed by atoms with Crippen molar-refractivity contribution in [1.82, 2.24) is 9.80 Å². The Balaban J connectivity index is 1.80. The standard InChI is InChI=1S/C15H20F3N3O2/c1-2-23-13-5-3-12(4-6-13)19-14(22)21-9-7-20(8-10-21)11-15(16,17)18/h3-6H,2,7-11H2,1H3,(H,19,22). The summed E-state index contributed by atoms with van der Waals surface area (Å²) in [5.74, 6) is 0.714. The van der Waals surface area contributed by atoms with Crippen LogP contribution in [0.1, 0.15) is 6.92 Å². The third-order valence-electron chi connectivity index (χ3n) is 3.48. The number of urea groups is 1. The lowest BCUT2D eigenvalue weighted by Gasteiger charge is -2.34. The van der Waals surface area contributed by atoms with Gasteiger partial charge in [-0.3, -0.25) is 4.90 Å². The first-order chi connectivity index (χ1) is 10.9. The third-order valence-corrected chi connectivity index (χ3v) is 3.48. The van der Waals surface area contributed by atoms with Crippen molar-refractivity contribution >= 4 is 11.7 Å². The number of hydrogen-bond acceptors (Lipinski definition) is 3. The zero-order valence-electron chi connectivity index (χ0n) is 12.9. The van der Waals surface area contributed by atoms with Crippen LogP contribution in [-0.2, 0) is 0 Å². The Bertz CT molecular complexity index is 512. The normalized spacial score (nSPS) is 16.3. The maximum atomic E-state index is 12.3. The topological polar surface area (TPSA) is 44.8 Å². The summed E-state index contributed by atoms with van der Waals surface area (Å²) in [6.45, 7) is 2.51. The molecule has 1 aliphatic heterocycles. The van der Waals surface area contributed by atoms with Gasteiger partial charge < -0.3 is 15.0 Å². The van der Waals surface area contributed by atoms with Gasteiger partial charge in [0.25, 0.3) is 0 Å². The van der Waals surface area contributed by atoms with Gasteiger partial charge in [0, 0.05) is 31.9 Å². The molecule has 1 heterocycles. The highest BCUT2D eigenvalue weighted by molar-refractivity contribution is 5.89. The van der Waals surface area contributed by atoms with E-state index in [4.69, 9.17) is 4.74 Å². The van der Waals surface area contributed by atoms with Crippen LogP contribution < -0.4 is 10.1 Å². The van der Waals surface area contributed by atoms with Gasteiger partial charge in [-0.1, -0.05) is 0 Å². The number of amides is 2. The van der Waals surface area contributed by atoms with Crippen LogP contribution in [0.2, 0.25) is 0 Å². The molecule has 1 saturated heterocycles. The first kappa shape index (κ1) is 17.4. The lowest BCUT2D eigenvalue weighted by atomic mass is 10.3. The monoisotopic (exact) mass is 331 g/mol. The summed E-state index contributed by atoms with van der Waals surface area (Å²) in [6.07, 6.45) is -4.20. The largest absolute Gasteiger partial charge is 0.494 e. The fourth-order valence-electron chi connectivity index (χ4n) is 2.37. The summed E-state index contributed by atoms with van der Waals surface area (Å²) in [6, 6.07) is 6.65. The van der Waals surface area contributed by atoms with E-state index in [-0.39, 0.29) is 32.2 Å². The second-order valence-electron chi connectivity index (χ2n) is 5.27. The molecule has 1 N–H and O–H groups in total. The van der Waals surface area contributed by atoms with Crippen molar-refractivity contribution in [1.29, 1.82) is 0 Å². The number of nitrogens with zero attached hydrogens (tertiary/aromatic N) is 2. The Kier molecular flexibility index (Phi) is 5.70. The zero-order valence-corrected chi connectivity index (χ0v) is 12.9. The maximum Gasteiger partial charge on any atom is 0.401 e. The second-order valence-corrected chi connectivity index (χ2v) is 5.27. The van der Waals surface area contributed by atoms with Gasteiger partial charge in [-0.05, 0) is 31.2 Å². The molecule has 8 heteroatoms. The number of rotatable bonds is 4. The molecule has 128 valence electrons. The molecule has 1 aromatic carbocycles. The van der Waals surface area contributed by atoms with E-state index < -0.39 is 12.7 Å². The quantitative estimate of drug-likeness (QED) is 0.923. The Labute approximate surface area is 133 Å². The molecule has 0 spiro atoms. The van der Waals surface area contributed by atoms with Gasteiger partial charge in [-0.2, -0.15) is 13.2 Å². The Morgan fingerprint density at radius 2 is 1.78 bits per heavy atom. The van der Waals surface area contributed by atoms with Crippen LogP contribution in [0.5, 0.6) is 5.75 Å². The average Bonchev–Trinajstić information content (AvgIpc) is 2.48. The zero-order chi connectivity index (χ0) is 16.9. The second kappa shape index (κ2) is 7.54. The molecule has 2 amide bonds. The van der Waals surface area contributed by atoms with E-state index in [1.807, 2.05) is 6.92 Å². The SMILES string of the molecule is CCOc1ccc(NC(=O)N2CCN(CC(F)(F)F)CC2)cc1. The fraction of sp³-hybridized carbons (Fsp3) is 0.533. The summed E-state index contributed by atoms with van der Waals surface area (Å²) >= 11 is 0. The maximum absolute atomic E-state index is 12.3. The number of piperazine rings is 1. The Hall–Kier alpha value is -1.96. The van der Waals surface area contributed by atoms with Gasteiger partial charge >= 0.3 is 12.2 Å². The number of carbonyl (C=O) groups is 1. The molecule has 5 nitrogen and oxygen atoms in total. The minimum absolute atomic E-state index is 0.218. The van der Waals surface area contributed by atoms with E-state index in [0.717, 1.165) is 0 Å². The van der Waals surface area contributed by atoms with Crippen molar-refractivity contribution in [3.05, 3.63) is 24.3 Å².